The Balaban J connectivity index is 2.23. The first kappa shape index (κ1) is 10.8. The molecule has 0 unspecified atom stereocenters. The van der Waals surface area contributed by atoms with Crippen LogP contribution >= 0.6 is 0 Å². The van der Waals surface area contributed by atoms with E-state index in [1.54, 1.807) is 6.20 Å². The zero-order chi connectivity index (χ0) is 12.7. The van der Waals surface area contributed by atoms with E-state index >= 15 is 0 Å². The number of aromatic amines is 1. The topological polar surface area (TPSA) is 67.6 Å². The summed E-state index contributed by atoms with van der Waals surface area (Å²) in [5.41, 5.74) is 11.7. The Hall–Kier alpha value is -2.36. The fourth-order valence-corrected chi connectivity index (χ4v) is 2.00. The largest absolute Gasteiger partial charge is 0.397 e. The molecule has 0 aliphatic rings. The Morgan fingerprint density at radius 3 is 2.72 bits per heavy atom. The summed E-state index contributed by atoms with van der Waals surface area (Å²) >= 11 is 0. The summed E-state index contributed by atoms with van der Waals surface area (Å²) in [6, 6.07) is 7.81. The highest BCUT2D eigenvalue weighted by Crippen LogP contribution is 2.24. The number of benzene rings is 1. The van der Waals surface area contributed by atoms with E-state index in [1.807, 2.05) is 12.1 Å². The number of nitrogen functional groups attached to an aromatic ring is 1. The van der Waals surface area contributed by atoms with Gasteiger partial charge in [-0.15, -0.1) is 0 Å². The minimum Gasteiger partial charge on any atom is -0.397 e. The third kappa shape index (κ3) is 1.62. The van der Waals surface area contributed by atoms with Crippen LogP contribution < -0.4 is 5.73 Å². The Morgan fingerprint density at radius 1 is 1.17 bits per heavy atom. The van der Waals surface area contributed by atoms with Gasteiger partial charge >= 0.3 is 0 Å². The van der Waals surface area contributed by atoms with Crippen molar-refractivity contribution in [2.24, 2.45) is 0 Å². The molecule has 0 spiro atoms. The molecule has 4 heteroatoms. The minimum atomic E-state index is 0.630. The molecule has 2 heterocycles. The van der Waals surface area contributed by atoms with Crippen LogP contribution in [0.3, 0.4) is 0 Å². The molecule has 3 N–H and O–H groups in total. The maximum atomic E-state index is 5.91. The monoisotopic (exact) mass is 238 g/mol. The Morgan fingerprint density at radius 2 is 1.94 bits per heavy atom. The van der Waals surface area contributed by atoms with Crippen LogP contribution in [0.5, 0.6) is 0 Å². The van der Waals surface area contributed by atoms with Crippen molar-refractivity contribution in [3.63, 3.8) is 0 Å². The number of nitrogens with one attached hydrogen (secondary N) is 1. The summed E-state index contributed by atoms with van der Waals surface area (Å²) < 4.78 is 0. The normalized spacial score (nSPS) is 11.0. The molecule has 0 radical (unpaired) electrons. The maximum Gasteiger partial charge on any atom is 0.159 e. The highest BCUT2D eigenvalue weighted by molar-refractivity contribution is 5.82. The first-order valence-corrected chi connectivity index (χ1v) is 5.83. The Bertz CT molecular complexity index is 689. The number of rotatable bonds is 1. The van der Waals surface area contributed by atoms with Crippen LogP contribution in [0.1, 0.15) is 11.1 Å². The highest BCUT2D eigenvalue weighted by Gasteiger charge is 2.10. The van der Waals surface area contributed by atoms with Gasteiger partial charge in [-0.25, -0.2) is 4.98 Å². The Kier molecular flexibility index (Phi) is 2.30. The van der Waals surface area contributed by atoms with E-state index < -0.39 is 0 Å². The molecule has 3 aromatic rings. The number of aryl methyl sites for hydroxylation is 2. The molecule has 0 saturated carbocycles. The second-order valence-electron chi connectivity index (χ2n) is 4.48. The predicted octanol–water partition coefficient (Wildman–Crippen LogP) is 2.82. The van der Waals surface area contributed by atoms with Gasteiger partial charge in [0.05, 0.1) is 16.7 Å². The fraction of sp³-hybridized carbons (Fsp3) is 0.143. The van der Waals surface area contributed by atoms with Crippen molar-refractivity contribution in [1.82, 2.24) is 15.0 Å². The lowest BCUT2D eigenvalue weighted by atomic mass is 10.1. The minimum absolute atomic E-state index is 0.630. The summed E-state index contributed by atoms with van der Waals surface area (Å²) in [4.78, 5) is 12.1. The number of imidazole rings is 1. The molecule has 2 aromatic heterocycles. The van der Waals surface area contributed by atoms with E-state index in [1.165, 1.54) is 11.1 Å². The van der Waals surface area contributed by atoms with Crippen LogP contribution in [0.2, 0.25) is 0 Å². The number of pyridine rings is 1. The van der Waals surface area contributed by atoms with E-state index in [9.17, 15) is 0 Å². The number of anilines is 1. The average Bonchev–Trinajstić information content (AvgIpc) is 2.73. The van der Waals surface area contributed by atoms with Gasteiger partial charge in [-0.1, -0.05) is 0 Å². The third-order valence-corrected chi connectivity index (χ3v) is 3.16. The van der Waals surface area contributed by atoms with E-state index in [2.05, 4.69) is 40.9 Å². The molecule has 0 fully saturated rings. The maximum absolute atomic E-state index is 5.91. The van der Waals surface area contributed by atoms with Crippen LogP contribution in [0.25, 0.3) is 22.6 Å². The molecule has 0 amide bonds. The molecule has 0 saturated heterocycles. The van der Waals surface area contributed by atoms with E-state index in [0.29, 0.717) is 17.2 Å². The second-order valence-corrected chi connectivity index (χ2v) is 4.48. The highest BCUT2D eigenvalue weighted by atomic mass is 15.0. The van der Waals surface area contributed by atoms with E-state index in [-0.39, 0.29) is 0 Å². The van der Waals surface area contributed by atoms with Crippen LogP contribution in [0, 0.1) is 13.8 Å². The number of hydrogen-bond donors (Lipinski definition) is 2. The lowest BCUT2D eigenvalue weighted by Crippen LogP contribution is -1.93. The van der Waals surface area contributed by atoms with Gasteiger partial charge in [0.25, 0.3) is 0 Å². The van der Waals surface area contributed by atoms with Gasteiger partial charge in [0.15, 0.2) is 5.82 Å². The molecule has 3 rings (SSSR count). The zero-order valence-electron chi connectivity index (χ0n) is 10.4. The molecule has 90 valence electrons. The van der Waals surface area contributed by atoms with Crippen molar-refractivity contribution in [1.29, 1.82) is 0 Å². The third-order valence-electron chi connectivity index (χ3n) is 3.16. The van der Waals surface area contributed by atoms with Gasteiger partial charge in [-0.3, -0.25) is 4.98 Å². The molecule has 0 aliphatic carbocycles. The summed E-state index contributed by atoms with van der Waals surface area (Å²) in [7, 11) is 0. The number of hydrogen-bond acceptors (Lipinski definition) is 3. The van der Waals surface area contributed by atoms with Crippen molar-refractivity contribution >= 4 is 16.7 Å². The lowest BCUT2D eigenvalue weighted by Gasteiger charge is -1.98. The van der Waals surface area contributed by atoms with Crippen LogP contribution in [-0.2, 0) is 0 Å². The molecule has 0 atom stereocenters. The number of aromatic nitrogens is 3. The smallest absolute Gasteiger partial charge is 0.159 e. The quantitative estimate of drug-likeness (QED) is 0.685. The van der Waals surface area contributed by atoms with Crippen molar-refractivity contribution < 1.29 is 0 Å². The number of fused-ring (bicyclic) bond motifs is 1. The summed E-state index contributed by atoms with van der Waals surface area (Å²) in [6.45, 7) is 4.17. The molecule has 0 bridgehead atoms. The van der Waals surface area contributed by atoms with Crippen LogP contribution in [0.15, 0.2) is 30.5 Å². The molecular weight excluding hydrogens is 224 g/mol. The van der Waals surface area contributed by atoms with Gasteiger partial charge in [0, 0.05) is 6.20 Å². The van der Waals surface area contributed by atoms with E-state index in [4.69, 9.17) is 5.73 Å². The molecule has 0 aliphatic heterocycles. The zero-order valence-corrected chi connectivity index (χ0v) is 10.4. The second kappa shape index (κ2) is 3.84. The van der Waals surface area contributed by atoms with E-state index in [0.717, 1.165) is 11.0 Å². The fourth-order valence-electron chi connectivity index (χ4n) is 2.00. The first-order chi connectivity index (χ1) is 8.65. The predicted molar refractivity (Wildman–Crippen MR) is 73.2 cm³/mol. The van der Waals surface area contributed by atoms with Crippen LogP contribution in [-0.4, -0.2) is 15.0 Å². The van der Waals surface area contributed by atoms with Gasteiger partial charge < -0.3 is 10.7 Å². The lowest BCUT2D eigenvalue weighted by molar-refractivity contribution is 1.24. The number of H-pyrrole nitrogens is 1. The van der Waals surface area contributed by atoms with Crippen molar-refractivity contribution in [3.8, 4) is 11.5 Å². The standard InChI is InChI=1S/C14H14N4/c1-8-6-11-12(7-9(8)2)18-14(17-11)13-10(15)4-3-5-16-13/h3-7H,15H2,1-2H3,(H,17,18). The molecule has 18 heavy (non-hydrogen) atoms. The Labute approximate surface area is 105 Å². The number of nitrogens with zero attached hydrogens (tertiary/aromatic N) is 2. The van der Waals surface area contributed by atoms with Crippen molar-refractivity contribution in [2.75, 3.05) is 5.73 Å². The van der Waals surface area contributed by atoms with Crippen LogP contribution in [0.4, 0.5) is 5.69 Å². The van der Waals surface area contributed by atoms with Gasteiger partial charge in [-0.2, -0.15) is 0 Å². The summed E-state index contributed by atoms with van der Waals surface area (Å²) in [6.07, 6.45) is 1.72. The summed E-state index contributed by atoms with van der Waals surface area (Å²) in [5.74, 6) is 0.716. The molecule has 1 aromatic carbocycles. The van der Waals surface area contributed by atoms with Gasteiger partial charge in [0.2, 0.25) is 0 Å². The molecule has 4 nitrogen and oxygen atoms in total. The van der Waals surface area contributed by atoms with Crippen molar-refractivity contribution in [2.45, 2.75) is 13.8 Å². The van der Waals surface area contributed by atoms with Crippen molar-refractivity contribution in [3.05, 3.63) is 41.6 Å². The summed E-state index contributed by atoms with van der Waals surface area (Å²) in [5, 5.41) is 0. The number of nitrogens with two attached hydrogens (primary N) is 1. The first-order valence-electron chi connectivity index (χ1n) is 5.83. The van der Waals surface area contributed by atoms with Gasteiger partial charge in [-0.05, 0) is 49.2 Å². The SMILES string of the molecule is Cc1cc2nc(-c3ncccc3N)[nH]c2cc1C. The van der Waals surface area contributed by atoms with Gasteiger partial charge in [0.1, 0.15) is 5.69 Å². The molecular formula is C14H14N4. The average molecular weight is 238 g/mol.